The Bertz CT molecular complexity index is 406. The maximum Gasteiger partial charge on any atom is 0.0794 e. The van der Waals surface area contributed by atoms with Gasteiger partial charge in [-0.1, -0.05) is 12.1 Å². The van der Waals surface area contributed by atoms with Crippen molar-refractivity contribution in [2.75, 3.05) is 36.7 Å². The van der Waals surface area contributed by atoms with E-state index in [1.807, 2.05) is 36.4 Å². The molecule has 0 unspecified atom stereocenters. The highest BCUT2D eigenvalue weighted by atomic mass is 79.9. The van der Waals surface area contributed by atoms with Crippen LogP contribution in [0.4, 0.5) is 5.69 Å². The Hall–Kier alpha value is -0.430. The van der Waals surface area contributed by atoms with Gasteiger partial charge in [0.25, 0.3) is 0 Å². The van der Waals surface area contributed by atoms with Crippen LogP contribution in [0.3, 0.4) is 0 Å². The fraction of sp³-hybridized carbons (Fsp3) is 0.455. The molecular formula is C11H15BrN2O2S. The molecule has 1 heterocycles. The number of hydrogen-bond donors (Lipinski definition) is 0. The number of para-hydroxylation sites is 1. The molecule has 1 fully saturated rings. The van der Waals surface area contributed by atoms with Crippen LogP contribution in [-0.4, -0.2) is 40.9 Å². The van der Waals surface area contributed by atoms with Gasteiger partial charge in [-0.2, -0.15) is 10.0 Å². The second-order valence-electron chi connectivity index (χ2n) is 3.81. The zero-order valence-electron chi connectivity index (χ0n) is 9.63. The van der Waals surface area contributed by atoms with E-state index >= 15 is 0 Å². The van der Waals surface area contributed by atoms with Crippen LogP contribution in [0.25, 0.3) is 0 Å². The Morgan fingerprint density at radius 2 is 2.00 bits per heavy atom. The number of hydrogen-bond acceptors (Lipinski definition) is 4. The van der Waals surface area contributed by atoms with Crippen LogP contribution < -0.4 is 5.06 Å². The highest BCUT2D eigenvalue weighted by Crippen LogP contribution is 2.25. The third-order valence-electron chi connectivity index (χ3n) is 2.57. The number of benzene rings is 1. The van der Waals surface area contributed by atoms with Crippen molar-refractivity contribution >= 4 is 32.4 Å². The molecule has 1 aliphatic heterocycles. The Balaban J connectivity index is 1.95. The standard InChI is InChI=1S/C11H15BrN2O2S/c1-13(11-5-3-2-4-10(11)12)16-14-6-8-17(15)9-7-14/h2-5H,6-9H2,1H3. The summed E-state index contributed by atoms with van der Waals surface area (Å²) in [6, 6.07) is 7.88. The molecule has 0 bridgehead atoms. The van der Waals surface area contributed by atoms with Gasteiger partial charge in [-0.15, -0.1) is 0 Å². The second kappa shape index (κ2) is 5.95. The first-order chi connectivity index (χ1) is 8.16. The van der Waals surface area contributed by atoms with Crippen LogP contribution in [0.15, 0.2) is 28.7 Å². The molecule has 1 aromatic rings. The van der Waals surface area contributed by atoms with Gasteiger partial charge in [0.05, 0.1) is 5.69 Å². The number of nitrogens with zero attached hydrogens (tertiary/aromatic N) is 2. The summed E-state index contributed by atoms with van der Waals surface area (Å²) >= 11 is 3.48. The number of hydroxylamine groups is 3. The lowest BCUT2D eigenvalue weighted by Crippen LogP contribution is -2.41. The van der Waals surface area contributed by atoms with Crippen LogP contribution in [0.1, 0.15) is 0 Å². The minimum absolute atomic E-state index is 0.674. The topological polar surface area (TPSA) is 32.8 Å². The van der Waals surface area contributed by atoms with Crippen molar-refractivity contribution in [2.45, 2.75) is 0 Å². The summed E-state index contributed by atoms with van der Waals surface area (Å²) in [5.74, 6) is 1.37. The molecule has 1 aliphatic rings. The highest BCUT2D eigenvalue weighted by Gasteiger charge is 2.18. The molecule has 6 heteroatoms. The smallest absolute Gasteiger partial charge is 0.0794 e. The summed E-state index contributed by atoms with van der Waals surface area (Å²) in [4.78, 5) is 5.71. The lowest BCUT2D eigenvalue weighted by atomic mass is 10.3. The summed E-state index contributed by atoms with van der Waals surface area (Å²) in [7, 11) is 1.19. The predicted octanol–water partition coefficient (Wildman–Crippen LogP) is 1.80. The average molecular weight is 319 g/mol. The second-order valence-corrected chi connectivity index (χ2v) is 6.36. The zero-order valence-corrected chi connectivity index (χ0v) is 12.0. The summed E-state index contributed by atoms with van der Waals surface area (Å²) in [5, 5.41) is 3.57. The molecule has 0 saturated carbocycles. The van der Waals surface area contributed by atoms with Gasteiger partial charge in [0.1, 0.15) is 0 Å². The van der Waals surface area contributed by atoms with Crippen molar-refractivity contribution in [3.63, 3.8) is 0 Å². The normalized spacial score (nSPS) is 18.2. The molecule has 0 radical (unpaired) electrons. The van der Waals surface area contributed by atoms with Gasteiger partial charge in [0, 0.05) is 46.9 Å². The van der Waals surface area contributed by atoms with E-state index in [0.717, 1.165) is 10.2 Å². The largest absolute Gasteiger partial charge is 0.259 e. The lowest BCUT2D eigenvalue weighted by Gasteiger charge is -2.30. The number of anilines is 1. The van der Waals surface area contributed by atoms with Gasteiger partial charge < -0.3 is 0 Å². The van der Waals surface area contributed by atoms with E-state index in [2.05, 4.69) is 15.9 Å². The molecule has 0 amide bonds. The summed E-state index contributed by atoms with van der Waals surface area (Å²) in [6.07, 6.45) is 0. The highest BCUT2D eigenvalue weighted by molar-refractivity contribution is 9.10. The van der Waals surface area contributed by atoms with Crippen molar-refractivity contribution in [1.29, 1.82) is 0 Å². The first-order valence-corrected chi connectivity index (χ1v) is 7.71. The van der Waals surface area contributed by atoms with E-state index in [0.29, 0.717) is 24.6 Å². The molecule has 17 heavy (non-hydrogen) atoms. The third kappa shape index (κ3) is 3.51. The van der Waals surface area contributed by atoms with Gasteiger partial charge in [-0.3, -0.25) is 4.21 Å². The minimum atomic E-state index is -0.674. The van der Waals surface area contributed by atoms with Gasteiger partial charge in [0.15, 0.2) is 0 Å². The molecular weight excluding hydrogens is 304 g/mol. The van der Waals surface area contributed by atoms with E-state index < -0.39 is 10.8 Å². The fourth-order valence-electron chi connectivity index (χ4n) is 1.63. The van der Waals surface area contributed by atoms with Gasteiger partial charge in [-0.25, -0.2) is 5.06 Å². The maximum atomic E-state index is 11.2. The van der Waals surface area contributed by atoms with Crippen LogP contribution >= 0.6 is 15.9 Å². The molecule has 94 valence electrons. The summed E-state index contributed by atoms with van der Waals surface area (Å²) in [6.45, 7) is 1.42. The molecule has 0 aliphatic carbocycles. The third-order valence-corrected chi connectivity index (χ3v) is 4.51. The minimum Gasteiger partial charge on any atom is -0.259 e. The van der Waals surface area contributed by atoms with Crippen molar-refractivity contribution in [1.82, 2.24) is 5.06 Å². The van der Waals surface area contributed by atoms with E-state index in [-0.39, 0.29) is 0 Å². The molecule has 0 atom stereocenters. The van der Waals surface area contributed by atoms with E-state index in [1.165, 1.54) is 0 Å². The van der Waals surface area contributed by atoms with Crippen LogP contribution in [0.2, 0.25) is 0 Å². The lowest BCUT2D eigenvalue weighted by molar-refractivity contribution is -0.161. The summed E-state index contributed by atoms with van der Waals surface area (Å²) in [5.41, 5.74) is 0.971. The van der Waals surface area contributed by atoms with Gasteiger partial charge in [0.2, 0.25) is 0 Å². The Morgan fingerprint density at radius 1 is 1.35 bits per heavy atom. The van der Waals surface area contributed by atoms with Crippen LogP contribution in [0, 0.1) is 0 Å². The van der Waals surface area contributed by atoms with Gasteiger partial charge >= 0.3 is 0 Å². The molecule has 2 rings (SSSR count). The average Bonchev–Trinajstić information content (AvgIpc) is 2.32. The first-order valence-electron chi connectivity index (χ1n) is 5.43. The molecule has 0 aromatic heterocycles. The van der Waals surface area contributed by atoms with Gasteiger partial charge in [-0.05, 0) is 28.1 Å². The predicted molar refractivity (Wildman–Crippen MR) is 73.1 cm³/mol. The van der Waals surface area contributed by atoms with Crippen molar-refractivity contribution in [2.24, 2.45) is 0 Å². The SMILES string of the molecule is CN(ON1CCS(=O)CC1)c1ccccc1Br. The number of halogens is 1. The van der Waals surface area contributed by atoms with E-state index in [9.17, 15) is 4.21 Å². The molecule has 1 saturated heterocycles. The van der Waals surface area contributed by atoms with Crippen molar-refractivity contribution in [3.05, 3.63) is 28.7 Å². The van der Waals surface area contributed by atoms with Crippen molar-refractivity contribution < 1.29 is 9.15 Å². The molecule has 4 nitrogen and oxygen atoms in total. The molecule has 0 N–H and O–H groups in total. The Labute approximate surface area is 112 Å². The first kappa shape index (κ1) is 13.0. The van der Waals surface area contributed by atoms with E-state index in [4.69, 9.17) is 4.94 Å². The van der Waals surface area contributed by atoms with E-state index in [1.54, 1.807) is 5.06 Å². The molecule has 0 spiro atoms. The monoisotopic (exact) mass is 318 g/mol. The van der Waals surface area contributed by atoms with Crippen LogP contribution in [0.5, 0.6) is 0 Å². The maximum absolute atomic E-state index is 11.2. The Kier molecular flexibility index (Phi) is 4.55. The van der Waals surface area contributed by atoms with Crippen molar-refractivity contribution in [3.8, 4) is 0 Å². The summed E-state index contributed by atoms with van der Waals surface area (Å²) < 4.78 is 12.2. The number of rotatable bonds is 3. The molecule has 1 aromatic carbocycles. The zero-order chi connectivity index (χ0) is 12.3. The van der Waals surface area contributed by atoms with Crippen LogP contribution in [-0.2, 0) is 15.7 Å². The fourth-order valence-corrected chi connectivity index (χ4v) is 3.18. The quantitative estimate of drug-likeness (QED) is 0.796. The Morgan fingerprint density at radius 3 is 2.65 bits per heavy atom.